The second kappa shape index (κ2) is 4.89. The predicted molar refractivity (Wildman–Crippen MR) is 50.8 cm³/mol. The molecule has 1 rings (SSSR count). The van der Waals surface area contributed by atoms with E-state index in [2.05, 4.69) is 0 Å². The first kappa shape index (κ1) is 13.7. The summed E-state index contributed by atoms with van der Waals surface area (Å²) in [6.07, 6.45) is -5.73. The van der Waals surface area contributed by atoms with Gasteiger partial charge < -0.3 is 14.6 Å². The monoisotopic (exact) mass is 242 g/mol. The second-order valence-corrected chi connectivity index (χ2v) is 4.52. The Hall–Kier alpha value is -0.330. The van der Waals surface area contributed by atoms with Gasteiger partial charge in [0, 0.05) is 13.0 Å². The topological polar surface area (TPSA) is 38.7 Å². The van der Waals surface area contributed by atoms with Crippen LogP contribution in [0, 0.1) is 0 Å². The fourth-order valence-corrected chi connectivity index (χ4v) is 1.76. The minimum absolute atomic E-state index is 0.170. The highest BCUT2D eigenvalue weighted by Crippen LogP contribution is 2.29. The Balaban J connectivity index is 2.41. The quantitative estimate of drug-likeness (QED) is 0.771. The Morgan fingerprint density at radius 1 is 1.38 bits per heavy atom. The molecule has 0 spiro atoms. The lowest BCUT2D eigenvalue weighted by atomic mass is 10.0. The van der Waals surface area contributed by atoms with Crippen molar-refractivity contribution in [3.8, 4) is 0 Å². The van der Waals surface area contributed by atoms with E-state index in [1.807, 2.05) is 0 Å². The highest BCUT2D eigenvalue weighted by Gasteiger charge is 2.36. The smallest absolute Gasteiger partial charge is 0.378 e. The second-order valence-electron chi connectivity index (χ2n) is 4.52. The molecule has 16 heavy (non-hydrogen) atoms. The lowest BCUT2D eigenvalue weighted by Gasteiger charge is -2.33. The van der Waals surface area contributed by atoms with E-state index in [9.17, 15) is 18.3 Å². The number of ether oxygens (including phenoxy) is 2. The molecule has 6 heteroatoms. The molecule has 1 aliphatic heterocycles. The van der Waals surface area contributed by atoms with Crippen LogP contribution < -0.4 is 0 Å². The van der Waals surface area contributed by atoms with Gasteiger partial charge in [-0.1, -0.05) is 0 Å². The summed E-state index contributed by atoms with van der Waals surface area (Å²) in [7, 11) is 0. The number of hydrogen-bond donors (Lipinski definition) is 1. The van der Waals surface area contributed by atoms with E-state index in [1.54, 1.807) is 0 Å². The maximum Gasteiger partial charge on any atom is 0.391 e. The van der Waals surface area contributed by atoms with Gasteiger partial charge in [0.1, 0.15) is 0 Å². The van der Waals surface area contributed by atoms with Crippen LogP contribution in [0.3, 0.4) is 0 Å². The van der Waals surface area contributed by atoms with Crippen LogP contribution >= 0.6 is 0 Å². The van der Waals surface area contributed by atoms with Crippen LogP contribution in [0.2, 0.25) is 0 Å². The molecule has 1 N–H and O–H groups in total. The van der Waals surface area contributed by atoms with Crippen LogP contribution in [0.15, 0.2) is 0 Å². The third-order valence-electron chi connectivity index (χ3n) is 2.23. The van der Waals surface area contributed by atoms with Crippen LogP contribution in [-0.4, -0.2) is 35.9 Å². The normalized spacial score (nSPS) is 28.1. The maximum absolute atomic E-state index is 12.1. The van der Waals surface area contributed by atoms with Gasteiger partial charge in [-0.15, -0.1) is 0 Å². The van der Waals surface area contributed by atoms with Gasteiger partial charge in [-0.3, -0.25) is 0 Å². The molecule has 1 saturated heterocycles. The Kier molecular flexibility index (Phi) is 4.20. The predicted octanol–water partition coefficient (Wildman–Crippen LogP) is 2.23. The molecule has 0 aliphatic carbocycles. The summed E-state index contributed by atoms with van der Waals surface area (Å²) in [5.74, 6) is -1.31. The van der Waals surface area contributed by atoms with Gasteiger partial charge >= 0.3 is 6.18 Å². The lowest BCUT2D eigenvalue weighted by Crippen LogP contribution is -2.38. The van der Waals surface area contributed by atoms with Crippen molar-refractivity contribution >= 4 is 0 Å². The van der Waals surface area contributed by atoms with Crippen molar-refractivity contribution < 1.29 is 27.8 Å². The highest BCUT2D eigenvalue weighted by molar-refractivity contribution is 4.75. The van der Waals surface area contributed by atoms with Crippen molar-refractivity contribution in [3.05, 3.63) is 0 Å². The average molecular weight is 242 g/mol. The molecule has 0 amide bonds. The zero-order chi connectivity index (χ0) is 12.4. The van der Waals surface area contributed by atoms with Crippen LogP contribution in [0.25, 0.3) is 0 Å². The highest BCUT2D eigenvalue weighted by atomic mass is 19.4. The zero-order valence-corrected chi connectivity index (χ0v) is 9.38. The zero-order valence-electron chi connectivity index (χ0n) is 9.38. The first-order chi connectivity index (χ1) is 7.16. The van der Waals surface area contributed by atoms with E-state index in [0.29, 0.717) is 6.42 Å². The summed E-state index contributed by atoms with van der Waals surface area (Å²) in [4.78, 5) is 0. The van der Waals surface area contributed by atoms with Crippen molar-refractivity contribution in [2.24, 2.45) is 0 Å². The van der Waals surface area contributed by atoms with Crippen molar-refractivity contribution in [1.82, 2.24) is 0 Å². The standard InChI is InChI=1S/C10H17F3O3/c1-9(2,14)16-7-3-4-15-8(5-7)6-10(11,12)13/h7-8,14H,3-6H2,1-2H3/t7-,8+/m1/s1. The van der Waals surface area contributed by atoms with Crippen molar-refractivity contribution in [3.63, 3.8) is 0 Å². The Morgan fingerprint density at radius 3 is 2.50 bits per heavy atom. The van der Waals surface area contributed by atoms with E-state index in [0.717, 1.165) is 0 Å². The van der Waals surface area contributed by atoms with E-state index in [4.69, 9.17) is 9.47 Å². The minimum Gasteiger partial charge on any atom is -0.378 e. The van der Waals surface area contributed by atoms with Crippen molar-refractivity contribution in [1.29, 1.82) is 0 Å². The minimum atomic E-state index is -4.22. The molecule has 96 valence electrons. The Bertz CT molecular complexity index is 200. The lowest BCUT2D eigenvalue weighted by molar-refractivity contribution is -0.232. The molecule has 0 radical (unpaired) electrons. The fraction of sp³-hybridized carbons (Fsp3) is 1.00. The fourth-order valence-electron chi connectivity index (χ4n) is 1.76. The molecule has 0 aromatic heterocycles. The van der Waals surface area contributed by atoms with Crippen LogP contribution in [0.4, 0.5) is 13.2 Å². The first-order valence-electron chi connectivity index (χ1n) is 5.24. The molecule has 0 bridgehead atoms. The van der Waals surface area contributed by atoms with Crippen molar-refractivity contribution in [2.45, 2.75) is 57.3 Å². The number of aliphatic hydroxyl groups is 1. The molecule has 1 fully saturated rings. The molecule has 0 unspecified atom stereocenters. The van der Waals surface area contributed by atoms with Gasteiger partial charge in [0.05, 0.1) is 18.6 Å². The number of hydrogen-bond acceptors (Lipinski definition) is 3. The van der Waals surface area contributed by atoms with Crippen molar-refractivity contribution in [2.75, 3.05) is 6.61 Å². The van der Waals surface area contributed by atoms with E-state index in [-0.39, 0.29) is 19.1 Å². The largest absolute Gasteiger partial charge is 0.391 e. The summed E-state index contributed by atoms with van der Waals surface area (Å²) < 4.78 is 46.7. The number of rotatable bonds is 3. The molecule has 2 atom stereocenters. The van der Waals surface area contributed by atoms with Gasteiger partial charge in [0.25, 0.3) is 0 Å². The molecule has 3 nitrogen and oxygen atoms in total. The summed E-state index contributed by atoms with van der Waals surface area (Å²) in [6, 6.07) is 0. The van der Waals surface area contributed by atoms with Gasteiger partial charge in [-0.2, -0.15) is 13.2 Å². The average Bonchev–Trinajstić information content (AvgIpc) is 1.96. The van der Waals surface area contributed by atoms with E-state index in [1.165, 1.54) is 13.8 Å². The Morgan fingerprint density at radius 2 is 2.00 bits per heavy atom. The number of halogens is 3. The molecular formula is C10H17F3O3. The number of alkyl halides is 3. The molecular weight excluding hydrogens is 225 g/mol. The summed E-state index contributed by atoms with van der Waals surface area (Å²) in [5.41, 5.74) is 0. The summed E-state index contributed by atoms with van der Waals surface area (Å²) >= 11 is 0. The summed E-state index contributed by atoms with van der Waals surface area (Å²) in [6.45, 7) is 3.16. The first-order valence-corrected chi connectivity index (χ1v) is 5.24. The van der Waals surface area contributed by atoms with Crippen LogP contribution in [0.1, 0.15) is 33.1 Å². The third-order valence-corrected chi connectivity index (χ3v) is 2.23. The van der Waals surface area contributed by atoms with Gasteiger partial charge in [0.15, 0.2) is 5.79 Å². The van der Waals surface area contributed by atoms with Gasteiger partial charge in [0.2, 0.25) is 0 Å². The molecule has 0 saturated carbocycles. The Labute approximate surface area is 92.5 Å². The van der Waals surface area contributed by atoms with Crippen LogP contribution in [0.5, 0.6) is 0 Å². The molecule has 1 heterocycles. The van der Waals surface area contributed by atoms with Crippen LogP contribution in [-0.2, 0) is 9.47 Å². The SMILES string of the molecule is CC(C)(O)O[C@@H]1CCO[C@H](CC(F)(F)F)C1. The summed E-state index contributed by atoms with van der Waals surface area (Å²) in [5, 5.41) is 9.40. The third kappa shape index (κ3) is 5.67. The van der Waals surface area contributed by atoms with E-state index < -0.39 is 24.5 Å². The molecule has 0 aromatic rings. The molecule has 0 aromatic carbocycles. The van der Waals surface area contributed by atoms with Gasteiger partial charge in [-0.25, -0.2) is 0 Å². The van der Waals surface area contributed by atoms with E-state index >= 15 is 0 Å². The van der Waals surface area contributed by atoms with Gasteiger partial charge in [-0.05, 0) is 20.3 Å². The maximum atomic E-state index is 12.1. The molecule has 1 aliphatic rings.